The molecule has 1 saturated heterocycles. The fourth-order valence-electron chi connectivity index (χ4n) is 3.08. The largest absolute Gasteiger partial charge is 0.468 e. The van der Waals surface area contributed by atoms with Crippen LogP contribution in [-0.2, 0) is 17.8 Å². The maximum atomic E-state index is 11.5. The Morgan fingerprint density at radius 2 is 2.00 bits per heavy atom. The number of benzene rings is 1. The number of furan rings is 1. The molecule has 2 heterocycles. The molecule has 0 radical (unpaired) electrons. The van der Waals surface area contributed by atoms with Gasteiger partial charge < -0.3 is 14.5 Å². The number of nitrogens with zero attached hydrogens (tertiary/aromatic N) is 1. The Morgan fingerprint density at radius 3 is 2.62 bits per heavy atom. The van der Waals surface area contributed by atoms with Gasteiger partial charge in [-0.25, -0.2) is 4.79 Å². The first-order valence-electron chi connectivity index (χ1n) is 8.40. The zero-order valence-electron chi connectivity index (χ0n) is 14.0. The van der Waals surface area contributed by atoms with E-state index in [-0.39, 0.29) is 5.97 Å². The van der Waals surface area contributed by atoms with Gasteiger partial charge in [-0.2, -0.15) is 0 Å². The molecule has 24 heavy (non-hydrogen) atoms. The molecule has 0 spiro atoms. The molecule has 1 aliphatic heterocycles. The summed E-state index contributed by atoms with van der Waals surface area (Å²) in [6.45, 7) is 3.88. The number of carbonyl (C=O) groups excluding carboxylic acids is 1. The van der Waals surface area contributed by atoms with Gasteiger partial charge in [0.15, 0.2) is 0 Å². The summed E-state index contributed by atoms with van der Waals surface area (Å²) in [6.07, 6.45) is 3.99. The number of hydrogen-bond donors (Lipinski definition) is 1. The average molecular weight is 328 g/mol. The summed E-state index contributed by atoms with van der Waals surface area (Å²) in [7, 11) is 1.40. The highest BCUT2D eigenvalue weighted by Crippen LogP contribution is 2.15. The van der Waals surface area contributed by atoms with Crippen molar-refractivity contribution in [2.75, 3.05) is 20.2 Å². The first kappa shape index (κ1) is 16.7. The third-order valence-corrected chi connectivity index (χ3v) is 4.51. The molecule has 0 atom stereocenters. The van der Waals surface area contributed by atoms with E-state index in [0.717, 1.165) is 44.8 Å². The standard InChI is InChI=1S/C19H24N2O3/c1-23-19(22)16-6-4-15(5-7-16)14-21-10-8-17(9-11-21)20-13-18-3-2-12-24-18/h2-7,12,17,20H,8-11,13-14H2,1H3. The molecule has 0 bridgehead atoms. The minimum Gasteiger partial charge on any atom is -0.468 e. The second kappa shape index (κ2) is 8.13. The Labute approximate surface area is 142 Å². The monoisotopic (exact) mass is 328 g/mol. The first-order valence-corrected chi connectivity index (χ1v) is 8.40. The zero-order valence-corrected chi connectivity index (χ0v) is 14.0. The number of esters is 1. The van der Waals surface area contributed by atoms with Crippen molar-refractivity contribution in [3.8, 4) is 0 Å². The molecule has 0 unspecified atom stereocenters. The van der Waals surface area contributed by atoms with Crippen molar-refractivity contribution in [1.82, 2.24) is 10.2 Å². The second-order valence-corrected chi connectivity index (χ2v) is 6.20. The van der Waals surface area contributed by atoms with Crippen LogP contribution in [0.5, 0.6) is 0 Å². The lowest BCUT2D eigenvalue weighted by molar-refractivity contribution is 0.0600. The van der Waals surface area contributed by atoms with Crippen molar-refractivity contribution in [2.45, 2.75) is 32.0 Å². The summed E-state index contributed by atoms with van der Waals surface area (Å²) in [4.78, 5) is 13.9. The van der Waals surface area contributed by atoms with E-state index in [1.165, 1.54) is 12.7 Å². The van der Waals surface area contributed by atoms with Crippen LogP contribution in [0.1, 0.15) is 34.5 Å². The third kappa shape index (κ3) is 4.46. The van der Waals surface area contributed by atoms with Crippen molar-refractivity contribution < 1.29 is 13.9 Å². The van der Waals surface area contributed by atoms with Crippen LogP contribution < -0.4 is 5.32 Å². The van der Waals surface area contributed by atoms with Crippen LogP contribution in [0, 0.1) is 0 Å². The Kier molecular flexibility index (Phi) is 5.67. The fraction of sp³-hybridized carbons (Fsp3) is 0.421. The van der Waals surface area contributed by atoms with Crippen LogP contribution in [-0.4, -0.2) is 37.1 Å². The molecule has 0 aliphatic carbocycles. The topological polar surface area (TPSA) is 54.7 Å². The lowest BCUT2D eigenvalue weighted by atomic mass is 10.0. The minimum absolute atomic E-state index is 0.287. The summed E-state index contributed by atoms with van der Waals surface area (Å²) in [5.41, 5.74) is 1.83. The van der Waals surface area contributed by atoms with E-state index >= 15 is 0 Å². The molecule has 1 N–H and O–H groups in total. The van der Waals surface area contributed by atoms with Crippen molar-refractivity contribution >= 4 is 5.97 Å². The maximum Gasteiger partial charge on any atom is 0.337 e. The number of methoxy groups -OCH3 is 1. The van der Waals surface area contributed by atoms with Gasteiger partial charge in [0.1, 0.15) is 5.76 Å². The lowest BCUT2D eigenvalue weighted by Gasteiger charge is -2.32. The van der Waals surface area contributed by atoms with Crippen molar-refractivity contribution in [3.63, 3.8) is 0 Å². The van der Waals surface area contributed by atoms with Crippen LogP contribution in [0.4, 0.5) is 0 Å². The zero-order chi connectivity index (χ0) is 16.8. The highest BCUT2D eigenvalue weighted by molar-refractivity contribution is 5.89. The Morgan fingerprint density at radius 1 is 1.25 bits per heavy atom. The van der Waals surface area contributed by atoms with Crippen molar-refractivity contribution in [2.24, 2.45) is 0 Å². The minimum atomic E-state index is -0.287. The second-order valence-electron chi connectivity index (χ2n) is 6.20. The lowest BCUT2D eigenvalue weighted by Crippen LogP contribution is -2.41. The summed E-state index contributed by atoms with van der Waals surface area (Å²) in [5, 5.41) is 3.56. The maximum absolute atomic E-state index is 11.5. The first-order chi connectivity index (χ1) is 11.7. The molecule has 1 aliphatic rings. The van der Waals surface area contributed by atoms with E-state index in [9.17, 15) is 4.79 Å². The van der Waals surface area contributed by atoms with Gasteiger partial charge in [-0.1, -0.05) is 12.1 Å². The van der Waals surface area contributed by atoms with Crippen LogP contribution in [0.15, 0.2) is 47.1 Å². The smallest absolute Gasteiger partial charge is 0.337 e. The van der Waals surface area contributed by atoms with Gasteiger partial charge in [-0.05, 0) is 55.8 Å². The molecule has 0 amide bonds. The number of nitrogens with one attached hydrogen (secondary N) is 1. The Hall–Kier alpha value is -2.11. The molecular formula is C19H24N2O3. The van der Waals surface area contributed by atoms with Gasteiger partial charge in [0.05, 0.1) is 25.5 Å². The molecule has 1 fully saturated rings. The Balaban J connectivity index is 1.42. The SMILES string of the molecule is COC(=O)c1ccc(CN2CCC(NCc3ccco3)CC2)cc1. The number of ether oxygens (including phenoxy) is 1. The van der Waals surface area contributed by atoms with E-state index in [2.05, 4.69) is 10.2 Å². The van der Waals surface area contributed by atoms with Crippen molar-refractivity contribution in [3.05, 3.63) is 59.5 Å². The third-order valence-electron chi connectivity index (χ3n) is 4.51. The molecule has 3 rings (SSSR count). The highest BCUT2D eigenvalue weighted by Gasteiger charge is 2.19. The van der Waals surface area contributed by atoms with Crippen LogP contribution in [0.3, 0.4) is 0 Å². The van der Waals surface area contributed by atoms with Crippen LogP contribution in [0.25, 0.3) is 0 Å². The molecule has 1 aromatic heterocycles. The number of hydrogen-bond acceptors (Lipinski definition) is 5. The number of carbonyl (C=O) groups is 1. The van der Waals surface area contributed by atoms with Gasteiger partial charge in [0.25, 0.3) is 0 Å². The predicted octanol–water partition coefficient (Wildman–Crippen LogP) is 2.82. The van der Waals surface area contributed by atoms with Gasteiger partial charge in [0.2, 0.25) is 0 Å². The number of likely N-dealkylation sites (tertiary alicyclic amines) is 1. The van der Waals surface area contributed by atoms with E-state index in [4.69, 9.17) is 9.15 Å². The Bertz CT molecular complexity index is 629. The van der Waals surface area contributed by atoms with Crippen molar-refractivity contribution in [1.29, 1.82) is 0 Å². The average Bonchev–Trinajstić information content (AvgIpc) is 3.15. The van der Waals surface area contributed by atoms with Gasteiger partial charge in [-0.15, -0.1) is 0 Å². The van der Waals surface area contributed by atoms with E-state index < -0.39 is 0 Å². The highest BCUT2D eigenvalue weighted by atomic mass is 16.5. The van der Waals surface area contributed by atoms with Gasteiger partial charge >= 0.3 is 5.97 Å². The normalized spacial score (nSPS) is 16.2. The quantitative estimate of drug-likeness (QED) is 0.827. The van der Waals surface area contributed by atoms with Crippen LogP contribution >= 0.6 is 0 Å². The molecule has 5 nitrogen and oxygen atoms in total. The number of rotatable bonds is 6. The van der Waals surface area contributed by atoms with E-state index in [0.29, 0.717) is 11.6 Å². The van der Waals surface area contributed by atoms with E-state index in [1.807, 2.05) is 36.4 Å². The summed E-state index contributed by atoms with van der Waals surface area (Å²) >= 11 is 0. The molecule has 128 valence electrons. The summed E-state index contributed by atoms with van der Waals surface area (Å²) < 4.78 is 10.1. The predicted molar refractivity (Wildman–Crippen MR) is 91.6 cm³/mol. The molecular weight excluding hydrogens is 304 g/mol. The molecule has 0 saturated carbocycles. The van der Waals surface area contributed by atoms with Gasteiger partial charge in [0, 0.05) is 12.6 Å². The molecule has 2 aromatic rings. The van der Waals surface area contributed by atoms with E-state index in [1.54, 1.807) is 6.26 Å². The molecule has 5 heteroatoms. The number of piperidine rings is 1. The fourth-order valence-corrected chi connectivity index (χ4v) is 3.08. The molecule has 1 aromatic carbocycles. The van der Waals surface area contributed by atoms with Gasteiger partial charge in [-0.3, -0.25) is 4.90 Å². The summed E-state index contributed by atoms with van der Waals surface area (Å²) in [5.74, 6) is 0.702. The van der Waals surface area contributed by atoms with Crippen LogP contribution in [0.2, 0.25) is 0 Å². The summed E-state index contributed by atoms with van der Waals surface area (Å²) in [6, 6.07) is 12.2.